The Labute approximate surface area is 181 Å². The second kappa shape index (κ2) is 8.23. The van der Waals surface area contributed by atoms with Crippen LogP contribution in [0.1, 0.15) is 17.3 Å². The Morgan fingerprint density at radius 1 is 1.06 bits per heavy atom. The molecule has 0 aliphatic heterocycles. The maximum Gasteiger partial charge on any atom is 0.298 e. The number of para-hydroxylation sites is 1. The SMILES string of the molecule is C=CCn1c(SCc2nc(Cc3ccccc3)no2)nc2c(oc3ccccc32)c1=O. The predicted octanol–water partition coefficient (Wildman–Crippen LogP) is 4.59. The Kier molecular flexibility index (Phi) is 5.13. The molecule has 0 bridgehead atoms. The van der Waals surface area contributed by atoms with E-state index >= 15 is 0 Å². The lowest BCUT2D eigenvalue weighted by Gasteiger charge is -2.08. The lowest BCUT2D eigenvalue weighted by atomic mass is 10.1. The summed E-state index contributed by atoms with van der Waals surface area (Å²) in [5.41, 5.74) is 2.31. The van der Waals surface area contributed by atoms with Crippen molar-refractivity contribution >= 4 is 33.8 Å². The van der Waals surface area contributed by atoms with Gasteiger partial charge in [-0.2, -0.15) is 4.98 Å². The molecule has 5 aromatic rings. The maximum atomic E-state index is 13.0. The topological polar surface area (TPSA) is 86.9 Å². The molecule has 0 spiro atoms. The summed E-state index contributed by atoms with van der Waals surface area (Å²) in [4.78, 5) is 22.2. The number of thioether (sulfide) groups is 1. The van der Waals surface area contributed by atoms with Crippen molar-refractivity contribution in [2.75, 3.05) is 0 Å². The van der Waals surface area contributed by atoms with E-state index in [-0.39, 0.29) is 11.1 Å². The zero-order valence-corrected chi connectivity index (χ0v) is 17.3. The fourth-order valence-electron chi connectivity index (χ4n) is 3.38. The molecule has 0 fully saturated rings. The third-order valence-electron chi connectivity index (χ3n) is 4.80. The van der Waals surface area contributed by atoms with Gasteiger partial charge in [-0.25, -0.2) is 4.98 Å². The second-order valence-electron chi connectivity index (χ2n) is 6.93. The van der Waals surface area contributed by atoms with Crippen molar-refractivity contribution in [3.05, 3.63) is 94.9 Å². The summed E-state index contributed by atoms with van der Waals surface area (Å²) in [7, 11) is 0. The molecule has 8 heteroatoms. The summed E-state index contributed by atoms with van der Waals surface area (Å²) in [6.07, 6.45) is 2.26. The summed E-state index contributed by atoms with van der Waals surface area (Å²) in [5.74, 6) is 1.49. The van der Waals surface area contributed by atoms with Crippen molar-refractivity contribution in [3.63, 3.8) is 0 Å². The van der Waals surface area contributed by atoms with Crippen LogP contribution in [-0.4, -0.2) is 19.7 Å². The van der Waals surface area contributed by atoms with Crippen LogP contribution in [0.3, 0.4) is 0 Å². The number of benzene rings is 2. The van der Waals surface area contributed by atoms with Gasteiger partial charge in [0, 0.05) is 18.4 Å². The molecule has 7 nitrogen and oxygen atoms in total. The summed E-state index contributed by atoms with van der Waals surface area (Å²) < 4.78 is 12.7. The van der Waals surface area contributed by atoms with Crippen LogP contribution in [0, 0.1) is 0 Å². The zero-order valence-electron chi connectivity index (χ0n) is 16.5. The van der Waals surface area contributed by atoms with E-state index in [2.05, 4.69) is 16.7 Å². The summed E-state index contributed by atoms with van der Waals surface area (Å²) in [5, 5.41) is 5.42. The Hall–Kier alpha value is -3.65. The second-order valence-corrected chi connectivity index (χ2v) is 7.87. The van der Waals surface area contributed by atoms with Crippen LogP contribution in [0.25, 0.3) is 22.1 Å². The fraction of sp³-hybridized carbons (Fsp3) is 0.130. The van der Waals surface area contributed by atoms with Crippen LogP contribution in [0.2, 0.25) is 0 Å². The molecule has 0 aliphatic carbocycles. The van der Waals surface area contributed by atoms with Gasteiger partial charge in [0.05, 0.1) is 5.75 Å². The van der Waals surface area contributed by atoms with E-state index in [9.17, 15) is 4.79 Å². The summed E-state index contributed by atoms with van der Waals surface area (Å²) in [6, 6.07) is 17.5. The molecule has 31 heavy (non-hydrogen) atoms. The molecule has 2 aromatic carbocycles. The molecule has 5 rings (SSSR count). The van der Waals surface area contributed by atoms with Gasteiger partial charge in [-0.05, 0) is 17.7 Å². The van der Waals surface area contributed by atoms with Gasteiger partial charge in [-0.15, -0.1) is 6.58 Å². The molecule has 0 amide bonds. The Bertz CT molecular complexity index is 1440. The average Bonchev–Trinajstić information content (AvgIpc) is 3.40. The summed E-state index contributed by atoms with van der Waals surface area (Å²) >= 11 is 1.37. The van der Waals surface area contributed by atoms with Gasteiger partial charge in [0.25, 0.3) is 5.56 Å². The van der Waals surface area contributed by atoms with Crippen molar-refractivity contribution in [2.45, 2.75) is 23.9 Å². The van der Waals surface area contributed by atoms with Gasteiger partial charge in [0.1, 0.15) is 11.1 Å². The molecule has 0 unspecified atom stereocenters. The van der Waals surface area contributed by atoms with Crippen molar-refractivity contribution in [1.82, 2.24) is 19.7 Å². The zero-order chi connectivity index (χ0) is 21.2. The molecule has 3 heterocycles. The smallest absolute Gasteiger partial charge is 0.298 e. The van der Waals surface area contributed by atoms with Crippen molar-refractivity contribution in [3.8, 4) is 0 Å². The van der Waals surface area contributed by atoms with Gasteiger partial charge in [0.15, 0.2) is 11.0 Å². The Morgan fingerprint density at radius 2 is 1.87 bits per heavy atom. The Morgan fingerprint density at radius 3 is 2.71 bits per heavy atom. The van der Waals surface area contributed by atoms with Crippen LogP contribution in [0.5, 0.6) is 0 Å². The maximum absolute atomic E-state index is 13.0. The monoisotopic (exact) mass is 430 g/mol. The van der Waals surface area contributed by atoms with Crippen LogP contribution in [0.4, 0.5) is 0 Å². The number of allylic oxidation sites excluding steroid dienone is 1. The number of nitrogens with zero attached hydrogens (tertiary/aromatic N) is 4. The number of furan rings is 1. The van der Waals surface area contributed by atoms with Crippen molar-refractivity contribution in [2.24, 2.45) is 0 Å². The first-order chi connectivity index (χ1) is 15.2. The number of hydrogen-bond donors (Lipinski definition) is 0. The van der Waals surface area contributed by atoms with Gasteiger partial charge < -0.3 is 8.94 Å². The minimum absolute atomic E-state index is 0.237. The fourth-order valence-corrected chi connectivity index (χ4v) is 4.22. The van der Waals surface area contributed by atoms with E-state index in [1.807, 2.05) is 54.6 Å². The predicted molar refractivity (Wildman–Crippen MR) is 119 cm³/mol. The molecular weight excluding hydrogens is 412 g/mol. The van der Waals surface area contributed by atoms with Crippen LogP contribution < -0.4 is 5.56 Å². The van der Waals surface area contributed by atoms with Crippen LogP contribution in [0.15, 0.2) is 86.1 Å². The van der Waals surface area contributed by atoms with Crippen molar-refractivity contribution in [1.29, 1.82) is 0 Å². The molecule has 0 atom stereocenters. The van der Waals surface area contributed by atoms with E-state index in [0.717, 1.165) is 10.9 Å². The highest BCUT2D eigenvalue weighted by molar-refractivity contribution is 7.98. The largest absolute Gasteiger partial charge is 0.448 e. The first kappa shape index (κ1) is 19.3. The molecule has 154 valence electrons. The van der Waals surface area contributed by atoms with Gasteiger partial charge in [-0.3, -0.25) is 9.36 Å². The van der Waals surface area contributed by atoms with E-state index < -0.39 is 0 Å². The van der Waals surface area contributed by atoms with E-state index in [1.165, 1.54) is 11.8 Å². The molecule has 3 aromatic heterocycles. The van der Waals surface area contributed by atoms with Crippen LogP contribution >= 0.6 is 11.8 Å². The highest BCUT2D eigenvalue weighted by Gasteiger charge is 2.18. The molecular formula is C23H18N4O3S. The van der Waals surface area contributed by atoms with E-state index in [0.29, 0.717) is 46.7 Å². The first-order valence-corrected chi connectivity index (χ1v) is 10.7. The summed E-state index contributed by atoms with van der Waals surface area (Å²) in [6.45, 7) is 4.08. The minimum Gasteiger partial charge on any atom is -0.448 e. The van der Waals surface area contributed by atoms with E-state index in [4.69, 9.17) is 13.9 Å². The molecule has 0 N–H and O–H groups in total. The number of hydrogen-bond acceptors (Lipinski definition) is 7. The van der Waals surface area contributed by atoms with Gasteiger partial charge in [0.2, 0.25) is 11.5 Å². The van der Waals surface area contributed by atoms with Crippen LogP contribution in [-0.2, 0) is 18.7 Å². The first-order valence-electron chi connectivity index (χ1n) is 9.74. The highest BCUT2D eigenvalue weighted by Crippen LogP contribution is 2.28. The van der Waals surface area contributed by atoms with Gasteiger partial charge >= 0.3 is 0 Å². The highest BCUT2D eigenvalue weighted by atomic mass is 32.2. The number of fused-ring (bicyclic) bond motifs is 3. The Balaban J connectivity index is 1.44. The number of rotatable bonds is 7. The molecule has 0 saturated heterocycles. The van der Waals surface area contributed by atoms with Gasteiger partial charge in [-0.1, -0.05) is 65.5 Å². The molecule has 0 aliphatic rings. The number of aromatic nitrogens is 4. The lowest BCUT2D eigenvalue weighted by molar-refractivity contribution is 0.385. The third-order valence-corrected chi connectivity index (χ3v) is 5.76. The minimum atomic E-state index is -0.237. The molecule has 0 radical (unpaired) electrons. The lowest BCUT2D eigenvalue weighted by Crippen LogP contribution is -2.22. The standard InChI is InChI=1S/C23H18N4O3S/c1-2-12-27-22(28)21-20(16-10-6-7-11-17(16)29-21)25-23(27)31-14-19-24-18(26-30-19)13-15-8-4-3-5-9-15/h2-11H,1,12-14H2. The quantitative estimate of drug-likeness (QED) is 0.212. The average molecular weight is 430 g/mol. The third kappa shape index (κ3) is 3.77. The normalized spacial score (nSPS) is 11.4. The van der Waals surface area contributed by atoms with E-state index in [1.54, 1.807) is 10.6 Å². The van der Waals surface area contributed by atoms with Crippen molar-refractivity contribution < 1.29 is 8.94 Å². The molecule has 0 saturated carbocycles.